The van der Waals surface area contributed by atoms with Gasteiger partial charge < -0.3 is 10.2 Å². The lowest BCUT2D eigenvalue weighted by molar-refractivity contribution is -0.140. The largest absolute Gasteiger partial charge is 0.354 e. The Labute approximate surface area is 228 Å². The van der Waals surface area contributed by atoms with Gasteiger partial charge in [0.2, 0.25) is 21.8 Å². The number of anilines is 1. The second-order valence-electron chi connectivity index (χ2n) is 9.18. The van der Waals surface area contributed by atoms with Crippen molar-refractivity contribution in [3.8, 4) is 0 Å². The number of halogens is 2. The standard InChI is InChI=1S/C29H33F2N3O4S/c1-3-4-18-32-29(36)27(19-22-12-6-5-7-13-22)33(20-23-14-8-9-15-24(23)30)28(35)21-34(39(2,37)38)26-17-11-10-16-25(26)31/h5-17,27H,3-4,18-21H2,1-2H3,(H,32,36)/t27-/m0/s1. The molecule has 0 heterocycles. The number of nitrogens with one attached hydrogen (secondary N) is 1. The van der Waals surface area contributed by atoms with E-state index < -0.39 is 46.1 Å². The van der Waals surface area contributed by atoms with Crippen LogP contribution in [0.25, 0.3) is 0 Å². The highest BCUT2D eigenvalue weighted by molar-refractivity contribution is 7.92. The van der Waals surface area contributed by atoms with E-state index in [0.29, 0.717) is 10.8 Å². The summed E-state index contributed by atoms with van der Waals surface area (Å²) in [6, 6.07) is 19.0. The van der Waals surface area contributed by atoms with Crippen LogP contribution in [0.2, 0.25) is 0 Å². The average Bonchev–Trinajstić information content (AvgIpc) is 2.90. The van der Waals surface area contributed by atoms with Gasteiger partial charge in [0.15, 0.2) is 0 Å². The van der Waals surface area contributed by atoms with Gasteiger partial charge in [-0.2, -0.15) is 0 Å². The van der Waals surface area contributed by atoms with Crippen molar-refractivity contribution in [2.24, 2.45) is 0 Å². The molecule has 2 amide bonds. The predicted molar refractivity (Wildman–Crippen MR) is 147 cm³/mol. The van der Waals surface area contributed by atoms with Crippen LogP contribution in [0.3, 0.4) is 0 Å². The molecule has 3 aromatic rings. The fourth-order valence-corrected chi connectivity index (χ4v) is 4.97. The summed E-state index contributed by atoms with van der Waals surface area (Å²) in [7, 11) is -4.10. The van der Waals surface area contributed by atoms with Crippen molar-refractivity contribution in [2.75, 3.05) is 23.7 Å². The molecule has 1 atom stereocenters. The Hall–Kier alpha value is -3.79. The average molecular weight is 558 g/mol. The summed E-state index contributed by atoms with van der Waals surface area (Å²) in [4.78, 5) is 28.5. The van der Waals surface area contributed by atoms with Gasteiger partial charge in [-0.25, -0.2) is 17.2 Å². The fraction of sp³-hybridized carbons (Fsp3) is 0.310. The van der Waals surface area contributed by atoms with E-state index in [4.69, 9.17) is 0 Å². The Morgan fingerprint density at radius 3 is 2.13 bits per heavy atom. The van der Waals surface area contributed by atoms with Crippen molar-refractivity contribution in [3.05, 3.63) is 102 Å². The summed E-state index contributed by atoms with van der Waals surface area (Å²) in [5.41, 5.74) is 0.613. The highest BCUT2D eigenvalue weighted by Crippen LogP contribution is 2.23. The van der Waals surface area contributed by atoms with Gasteiger partial charge in [-0.3, -0.25) is 13.9 Å². The lowest BCUT2D eigenvalue weighted by Crippen LogP contribution is -2.53. The van der Waals surface area contributed by atoms with Crippen molar-refractivity contribution in [3.63, 3.8) is 0 Å². The van der Waals surface area contributed by atoms with E-state index in [1.54, 1.807) is 30.3 Å². The molecule has 7 nitrogen and oxygen atoms in total. The molecule has 0 bridgehead atoms. The molecule has 0 aliphatic heterocycles. The van der Waals surface area contributed by atoms with E-state index in [0.717, 1.165) is 30.7 Å². The molecule has 0 radical (unpaired) electrons. The number of carbonyl (C=O) groups excluding carboxylic acids is 2. The molecule has 3 rings (SSSR count). The summed E-state index contributed by atoms with van der Waals surface area (Å²) < 4.78 is 55.4. The lowest BCUT2D eigenvalue weighted by Gasteiger charge is -2.33. The van der Waals surface area contributed by atoms with Crippen LogP contribution in [0, 0.1) is 11.6 Å². The first kappa shape index (κ1) is 29.8. The fourth-order valence-electron chi connectivity index (χ4n) is 4.12. The number of carbonyl (C=O) groups is 2. The molecule has 208 valence electrons. The van der Waals surface area contributed by atoms with Crippen LogP contribution in [-0.2, 0) is 32.6 Å². The second-order valence-corrected chi connectivity index (χ2v) is 11.1. The van der Waals surface area contributed by atoms with Crippen LogP contribution >= 0.6 is 0 Å². The van der Waals surface area contributed by atoms with E-state index in [1.807, 2.05) is 13.0 Å². The Balaban J connectivity index is 2.05. The molecule has 0 fully saturated rings. The predicted octanol–water partition coefficient (Wildman–Crippen LogP) is 4.29. The van der Waals surface area contributed by atoms with Gasteiger partial charge >= 0.3 is 0 Å². The van der Waals surface area contributed by atoms with Crippen LogP contribution in [0.5, 0.6) is 0 Å². The van der Waals surface area contributed by atoms with Crippen LogP contribution in [0.1, 0.15) is 30.9 Å². The highest BCUT2D eigenvalue weighted by Gasteiger charge is 2.33. The summed E-state index contributed by atoms with van der Waals surface area (Å²) in [6.45, 7) is 1.29. The monoisotopic (exact) mass is 557 g/mol. The number of hydrogen-bond acceptors (Lipinski definition) is 4. The highest BCUT2D eigenvalue weighted by atomic mass is 32.2. The molecule has 39 heavy (non-hydrogen) atoms. The topological polar surface area (TPSA) is 86.8 Å². The minimum Gasteiger partial charge on any atom is -0.354 e. The summed E-state index contributed by atoms with van der Waals surface area (Å²) in [5.74, 6) is -2.63. The van der Waals surface area contributed by atoms with E-state index in [2.05, 4.69) is 5.32 Å². The van der Waals surface area contributed by atoms with E-state index in [9.17, 15) is 26.8 Å². The normalized spacial score (nSPS) is 12.0. The zero-order chi connectivity index (χ0) is 28.4. The van der Waals surface area contributed by atoms with Gasteiger partial charge in [-0.1, -0.05) is 74.0 Å². The van der Waals surface area contributed by atoms with Gasteiger partial charge in [-0.15, -0.1) is 0 Å². The second kappa shape index (κ2) is 13.8. The number of benzene rings is 3. The lowest BCUT2D eigenvalue weighted by atomic mass is 10.0. The van der Waals surface area contributed by atoms with Gasteiger partial charge in [-0.05, 0) is 30.2 Å². The van der Waals surface area contributed by atoms with E-state index in [-0.39, 0.29) is 24.2 Å². The number of hydrogen-bond donors (Lipinski definition) is 1. The quantitative estimate of drug-likeness (QED) is 0.318. The van der Waals surface area contributed by atoms with Crippen molar-refractivity contribution in [1.82, 2.24) is 10.2 Å². The Bertz CT molecular complexity index is 1370. The molecule has 1 N–H and O–H groups in total. The molecule has 0 unspecified atom stereocenters. The number of nitrogens with zero attached hydrogens (tertiary/aromatic N) is 2. The van der Waals surface area contributed by atoms with Gasteiger partial charge in [0, 0.05) is 25.1 Å². The molecule has 0 spiro atoms. The SMILES string of the molecule is CCCCNC(=O)[C@H](Cc1ccccc1)N(Cc1ccccc1F)C(=O)CN(c1ccccc1F)S(C)(=O)=O. The summed E-state index contributed by atoms with van der Waals surface area (Å²) in [6.07, 6.45) is 2.54. The minimum atomic E-state index is -4.10. The smallest absolute Gasteiger partial charge is 0.244 e. The third kappa shape index (κ3) is 8.35. The van der Waals surface area contributed by atoms with Gasteiger partial charge in [0.25, 0.3) is 0 Å². The van der Waals surface area contributed by atoms with Crippen molar-refractivity contribution < 1.29 is 26.8 Å². The molecular formula is C29H33F2N3O4S. The maximum Gasteiger partial charge on any atom is 0.244 e. The first-order valence-corrected chi connectivity index (χ1v) is 14.5. The molecule has 0 aliphatic carbocycles. The van der Waals surface area contributed by atoms with Crippen LogP contribution in [0.15, 0.2) is 78.9 Å². The molecule has 10 heteroatoms. The maximum absolute atomic E-state index is 14.7. The van der Waals surface area contributed by atoms with Crippen LogP contribution in [0.4, 0.5) is 14.5 Å². The Kier molecular flexibility index (Phi) is 10.6. The zero-order valence-corrected chi connectivity index (χ0v) is 22.8. The number of unbranched alkanes of at least 4 members (excludes halogenated alkanes) is 1. The van der Waals surface area contributed by atoms with Gasteiger partial charge in [0.1, 0.15) is 24.2 Å². The molecule has 3 aromatic carbocycles. The van der Waals surface area contributed by atoms with Crippen molar-refractivity contribution in [2.45, 2.75) is 38.8 Å². The first-order valence-electron chi connectivity index (χ1n) is 12.7. The zero-order valence-electron chi connectivity index (χ0n) is 22.0. The maximum atomic E-state index is 14.7. The van der Waals surface area contributed by atoms with Crippen molar-refractivity contribution in [1.29, 1.82) is 0 Å². The van der Waals surface area contributed by atoms with Crippen molar-refractivity contribution >= 4 is 27.5 Å². The number of rotatable bonds is 13. The molecular weight excluding hydrogens is 524 g/mol. The number of para-hydroxylation sites is 1. The molecule has 0 aromatic heterocycles. The van der Waals surface area contributed by atoms with Crippen LogP contribution in [-0.4, -0.2) is 50.5 Å². The minimum absolute atomic E-state index is 0.109. The number of sulfonamides is 1. The van der Waals surface area contributed by atoms with E-state index in [1.165, 1.54) is 41.3 Å². The third-order valence-corrected chi connectivity index (χ3v) is 7.33. The van der Waals surface area contributed by atoms with Gasteiger partial charge in [0.05, 0.1) is 11.9 Å². The van der Waals surface area contributed by atoms with E-state index >= 15 is 0 Å². The first-order chi connectivity index (χ1) is 18.6. The Morgan fingerprint density at radius 1 is 0.897 bits per heavy atom. The molecule has 0 aliphatic rings. The summed E-state index contributed by atoms with van der Waals surface area (Å²) >= 11 is 0. The molecule has 0 saturated carbocycles. The molecule has 0 saturated heterocycles. The summed E-state index contributed by atoms with van der Waals surface area (Å²) in [5, 5.41) is 2.85. The Morgan fingerprint density at radius 2 is 1.51 bits per heavy atom. The number of amides is 2. The third-order valence-electron chi connectivity index (χ3n) is 6.20. The van der Waals surface area contributed by atoms with Crippen LogP contribution < -0.4 is 9.62 Å².